The molecular weight excluding hydrogens is 248 g/mol. The van der Waals surface area contributed by atoms with Crippen molar-refractivity contribution in [2.45, 2.75) is 6.92 Å². The highest BCUT2D eigenvalue weighted by Gasteiger charge is 2.08. The highest BCUT2D eigenvalue weighted by Crippen LogP contribution is 2.21. The van der Waals surface area contributed by atoms with Crippen LogP contribution in [-0.4, -0.2) is 11.1 Å². The number of carboxylic acid groups (broad SMARTS) is 1. The summed E-state index contributed by atoms with van der Waals surface area (Å²) in [6, 6.07) is 19.4. The summed E-state index contributed by atoms with van der Waals surface area (Å²) in [7, 11) is 0. The molecule has 0 atom stereocenters. The molecule has 0 spiro atoms. The van der Waals surface area contributed by atoms with Gasteiger partial charge in [0.15, 0.2) is 0 Å². The Hall–Kier alpha value is -2.61. The van der Waals surface area contributed by atoms with Gasteiger partial charge >= 0.3 is 5.97 Å². The van der Waals surface area contributed by atoms with Gasteiger partial charge in [-0.15, -0.1) is 0 Å². The van der Waals surface area contributed by atoms with E-state index < -0.39 is 5.97 Å². The number of benzene rings is 2. The standard InChI is InChI=1S/C18H16O2/c1-14(18(19)20)17(16-10-6-3-7-11-16)13-12-15-8-4-2-5-9-15/h2-13H,1H3,(H,19,20). The summed E-state index contributed by atoms with van der Waals surface area (Å²) < 4.78 is 0. The Balaban J connectivity index is 2.42. The molecule has 0 fully saturated rings. The van der Waals surface area contributed by atoms with Crippen LogP contribution in [0.3, 0.4) is 0 Å². The minimum atomic E-state index is -0.901. The highest BCUT2D eigenvalue weighted by molar-refractivity contribution is 5.99. The zero-order valence-corrected chi connectivity index (χ0v) is 11.3. The fourth-order valence-electron chi connectivity index (χ4n) is 1.91. The molecule has 1 N–H and O–H groups in total. The second kappa shape index (κ2) is 6.53. The number of aliphatic carboxylic acids is 1. The van der Waals surface area contributed by atoms with Gasteiger partial charge in [0.2, 0.25) is 0 Å². The van der Waals surface area contributed by atoms with Crippen molar-refractivity contribution in [1.29, 1.82) is 0 Å². The largest absolute Gasteiger partial charge is 0.478 e. The molecule has 2 heteroatoms. The predicted octanol–water partition coefficient (Wildman–Crippen LogP) is 4.26. The van der Waals surface area contributed by atoms with Crippen molar-refractivity contribution < 1.29 is 9.90 Å². The molecule has 0 saturated carbocycles. The second-order valence-electron chi connectivity index (χ2n) is 4.45. The van der Waals surface area contributed by atoms with Crippen LogP contribution in [0.25, 0.3) is 11.6 Å². The first-order valence-electron chi connectivity index (χ1n) is 6.41. The first-order valence-corrected chi connectivity index (χ1v) is 6.41. The summed E-state index contributed by atoms with van der Waals surface area (Å²) in [5, 5.41) is 9.22. The third-order valence-corrected chi connectivity index (χ3v) is 3.05. The van der Waals surface area contributed by atoms with E-state index in [4.69, 9.17) is 0 Å². The molecule has 0 amide bonds. The number of rotatable bonds is 4. The van der Waals surface area contributed by atoms with Crippen molar-refractivity contribution in [1.82, 2.24) is 0 Å². The van der Waals surface area contributed by atoms with E-state index in [1.807, 2.05) is 72.8 Å². The molecule has 0 unspecified atom stereocenters. The van der Waals surface area contributed by atoms with Crippen molar-refractivity contribution in [3.05, 3.63) is 83.4 Å². The van der Waals surface area contributed by atoms with E-state index >= 15 is 0 Å². The van der Waals surface area contributed by atoms with Crippen molar-refractivity contribution in [3.63, 3.8) is 0 Å². The molecule has 2 rings (SSSR count). The molecule has 0 saturated heterocycles. The van der Waals surface area contributed by atoms with Gasteiger partial charge in [0, 0.05) is 5.57 Å². The highest BCUT2D eigenvalue weighted by atomic mass is 16.4. The molecule has 0 radical (unpaired) electrons. The van der Waals surface area contributed by atoms with Crippen LogP contribution >= 0.6 is 0 Å². The fourth-order valence-corrected chi connectivity index (χ4v) is 1.91. The van der Waals surface area contributed by atoms with E-state index in [2.05, 4.69) is 0 Å². The van der Waals surface area contributed by atoms with Crippen molar-refractivity contribution >= 4 is 17.6 Å². The van der Waals surface area contributed by atoms with E-state index in [1.165, 1.54) is 0 Å². The lowest BCUT2D eigenvalue weighted by atomic mass is 9.99. The quantitative estimate of drug-likeness (QED) is 0.661. The van der Waals surface area contributed by atoms with Gasteiger partial charge in [0.1, 0.15) is 0 Å². The third-order valence-electron chi connectivity index (χ3n) is 3.05. The Kier molecular flexibility index (Phi) is 4.51. The summed E-state index contributed by atoms with van der Waals surface area (Å²) in [5.74, 6) is -0.901. The molecule has 2 nitrogen and oxygen atoms in total. The van der Waals surface area contributed by atoms with Gasteiger partial charge in [0.05, 0.1) is 0 Å². The van der Waals surface area contributed by atoms with Crippen LogP contribution in [0.2, 0.25) is 0 Å². The van der Waals surface area contributed by atoms with Crippen LogP contribution in [0.15, 0.2) is 72.3 Å². The lowest BCUT2D eigenvalue weighted by Gasteiger charge is -2.06. The molecule has 20 heavy (non-hydrogen) atoms. The lowest BCUT2D eigenvalue weighted by molar-refractivity contribution is -0.132. The second-order valence-corrected chi connectivity index (χ2v) is 4.45. The van der Waals surface area contributed by atoms with Gasteiger partial charge in [-0.3, -0.25) is 0 Å². The maximum Gasteiger partial charge on any atom is 0.331 e. The van der Waals surface area contributed by atoms with Gasteiger partial charge in [-0.1, -0.05) is 72.8 Å². The Morgan fingerprint density at radius 1 is 0.950 bits per heavy atom. The SMILES string of the molecule is CC(C(=O)O)=C(C=Cc1ccccc1)c1ccccc1. The van der Waals surface area contributed by atoms with E-state index in [0.717, 1.165) is 16.7 Å². The molecule has 0 aromatic heterocycles. The first-order chi connectivity index (χ1) is 9.68. The van der Waals surface area contributed by atoms with Crippen LogP contribution in [0.5, 0.6) is 0 Å². The maximum atomic E-state index is 11.2. The topological polar surface area (TPSA) is 37.3 Å². The summed E-state index contributed by atoms with van der Waals surface area (Å²) in [6.07, 6.45) is 3.78. The number of carbonyl (C=O) groups is 1. The Labute approximate surface area is 118 Å². The first kappa shape index (κ1) is 13.8. The van der Waals surface area contributed by atoms with Crippen LogP contribution in [0, 0.1) is 0 Å². The minimum Gasteiger partial charge on any atom is -0.478 e. The third kappa shape index (κ3) is 3.45. The van der Waals surface area contributed by atoms with Gasteiger partial charge in [-0.05, 0) is 23.6 Å². The summed E-state index contributed by atoms with van der Waals surface area (Å²) in [4.78, 5) is 11.2. The summed E-state index contributed by atoms with van der Waals surface area (Å²) in [5.41, 5.74) is 3.00. The molecule has 2 aromatic carbocycles. The molecule has 0 bridgehead atoms. The van der Waals surface area contributed by atoms with Gasteiger partial charge < -0.3 is 5.11 Å². The normalized spacial score (nSPS) is 12.2. The molecule has 0 heterocycles. The van der Waals surface area contributed by atoms with E-state index in [9.17, 15) is 9.90 Å². The lowest BCUT2D eigenvalue weighted by Crippen LogP contribution is -1.99. The average molecular weight is 264 g/mol. The monoisotopic (exact) mass is 264 g/mol. The summed E-state index contributed by atoms with van der Waals surface area (Å²) in [6.45, 7) is 1.62. The van der Waals surface area contributed by atoms with E-state index in [0.29, 0.717) is 5.57 Å². The molecule has 0 aliphatic carbocycles. The molecule has 2 aromatic rings. The van der Waals surface area contributed by atoms with Crippen LogP contribution in [0.1, 0.15) is 18.1 Å². The molecule has 0 aliphatic heterocycles. The van der Waals surface area contributed by atoms with Crippen LogP contribution < -0.4 is 0 Å². The molecular formula is C18H16O2. The van der Waals surface area contributed by atoms with Crippen molar-refractivity contribution in [3.8, 4) is 0 Å². The zero-order chi connectivity index (χ0) is 14.4. The maximum absolute atomic E-state index is 11.2. The van der Waals surface area contributed by atoms with Gasteiger partial charge in [0.25, 0.3) is 0 Å². The smallest absolute Gasteiger partial charge is 0.331 e. The Morgan fingerprint density at radius 2 is 1.50 bits per heavy atom. The zero-order valence-electron chi connectivity index (χ0n) is 11.3. The Morgan fingerprint density at radius 3 is 2.05 bits per heavy atom. The predicted molar refractivity (Wildman–Crippen MR) is 82.1 cm³/mol. The minimum absolute atomic E-state index is 0.336. The average Bonchev–Trinajstić information content (AvgIpc) is 2.49. The van der Waals surface area contributed by atoms with E-state index in [1.54, 1.807) is 6.92 Å². The van der Waals surface area contributed by atoms with Gasteiger partial charge in [-0.25, -0.2) is 4.79 Å². The van der Waals surface area contributed by atoms with Crippen LogP contribution in [0.4, 0.5) is 0 Å². The Bertz CT molecular complexity index is 638. The number of hydrogen-bond donors (Lipinski definition) is 1. The number of carboxylic acids is 1. The van der Waals surface area contributed by atoms with E-state index in [-0.39, 0.29) is 0 Å². The van der Waals surface area contributed by atoms with Gasteiger partial charge in [-0.2, -0.15) is 0 Å². The van der Waals surface area contributed by atoms with Crippen molar-refractivity contribution in [2.75, 3.05) is 0 Å². The number of allylic oxidation sites excluding steroid dienone is 2. The van der Waals surface area contributed by atoms with Crippen LogP contribution in [-0.2, 0) is 4.79 Å². The van der Waals surface area contributed by atoms with Crippen molar-refractivity contribution in [2.24, 2.45) is 0 Å². The summed E-state index contributed by atoms with van der Waals surface area (Å²) >= 11 is 0. The molecule has 100 valence electrons. The molecule has 0 aliphatic rings. The fraction of sp³-hybridized carbons (Fsp3) is 0.0556. The number of hydrogen-bond acceptors (Lipinski definition) is 1.